The van der Waals surface area contributed by atoms with E-state index < -0.39 is 12.0 Å². The number of ether oxygens (including phenoxy) is 1. The van der Waals surface area contributed by atoms with Crippen LogP contribution in [0.4, 0.5) is 5.82 Å². The minimum absolute atomic E-state index is 0.506. The number of rotatable bonds is 3. The first-order chi connectivity index (χ1) is 10.1. The maximum Gasteiger partial charge on any atom is 0.326 e. The summed E-state index contributed by atoms with van der Waals surface area (Å²) in [5.74, 6) is 0.592. The fraction of sp³-hybridized carbons (Fsp3) is 0.400. The third-order valence-electron chi connectivity index (χ3n) is 3.83. The summed E-state index contributed by atoms with van der Waals surface area (Å²) in [5, 5.41) is 9.31. The molecule has 1 aliphatic rings. The van der Waals surface area contributed by atoms with Gasteiger partial charge >= 0.3 is 5.97 Å². The Balaban J connectivity index is 2.07. The minimum Gasteiger partial charge on any atom is -0.497 e. The van der Waals surface area contributed by atoms with Crippen molar-refractivity contribution in [1.29, 1.82) is 0 Å². The van der Waals surface area contributed by atoms with Crippen molar-refractivity contribution in [2.24, 2.45) is 0 Å². The van der Waals surface area contributed by atoms with Crippen LogP contribution in [0.5, 0.6) is 5.75 Å². The fourth-order valence-electron chi connectivity index (χ4n) is 2.79. The van der Waals surface area contributed by atoms with Gasteiger partial charge in [-0.1, -0.05) is 0 Å². The van der Waals surface area contributed by atoms with Crippen LogP contribution in [-0.2, 0) is 4.79 Å². The number of benzene rings is 1. The summed E-state index contributed by atoms with van der Waals surface area (Å²) >= 11 is 0. The van der Waals surface area contributed by atoms with E-state index in [0.717, 1.165) is 28.9 Å². The molecule has 0 unspecified atom stereocenters. The van der Waals surface area contributed by atoms with Gasteiger partial charge in [0.1, 0.15) is 11.8 Å². The van der Waals surface area contributed by atoms with E-state index in [4.69, 9.17) is 4.74 Å². The lowest BCUT2D eigenvalue weighted by molar-refractivity contribution is -0.138. The van der Waals surface area contributed by atoms with E-state index in [9.17, 15) is 9.90 Å². The van der Waals surface area contributed by atoms with Gasteiger partial charge in [0.05, 0.1) is 23.8 Å². The van der Waals surface area contributed by atoms with Crippen LogP contribution in [0.1, 0.15) is 18.5 Å². The Morgan fingerprint density at radius 2 is 2.19 bits per heavy atom. The first-order valence-electron chi connectivity index (χ1n) is 6.92. The second kappa shape index (κ2) is 5.20. The SMILES string of the molecule is COc1ccc2nc(N3CCC[C@H]3C(=O)O)c(C)nc2c1. The molecule has 2 aromatic rings. The Labute approximate surface area is 122 Å². The van der Waals surface area contributed by atoms with Crippen molar-refractivity contribution < 1.29 is 14.6 Å². The number of carbonyl (C=O) groups is 1. The molecular weight excluding hydrogens is 270 g/mol. The highest BCUT2D eigenvalue weighted by molar-refractivity contribution is 5.81. The lowest BCUT2D eigenvalue weighted by Gasteiger charge is -2.24. The molecule has 1 aromatic heterocycles. The lowest BCUT2D eigenvalue weighted by atomic mass is 10.2. The van der Waals surface area contributed by atoms with Crippen molar-refractivity contribution in [1.82, 2.24) is 9.97 Å². The minimum atomic E-state index is -0.802. The zero-order chi connectivity index (χ0) is 15.0. The summed E-state index contributed by atoms with van der Waals surface area (Å²) in [6, 6.07) is 5.00. The molecule has 6 heteroatoms. The molecule has 1 atom stereocenters. The summed E-state index contributed by atoms with van der Waals surface area (Å²) in [6.45, 7) is 2.56. The first kappa shape index (κ1) is 13.6. The van der Waals surface area contributed by atoms with E-state index in [0.29, 0.717) is 18.8 Å². The zero-order valence-corrected chi connectivity index (χ0v) is 12.0. The summed E-state index contributed by atoms with van der Waals surface area (Å²) < 4.78 is 5.18. The molecule has 0 radical (unpaired) electrons. The largest absolute Gasteiger partial charge is 0.497 e. The van der Waals surface area contributed by atoms with Gasteiger partial charge in [-0.05, 0) is 31.9 Å². The van der Waals surface area contributed by atoms with E-state index in [-0.39, 0.29) is 0 Å². The van der Waals surface area contributed by atoms with E-state index in [1.165, 1.54) is 0 Å². The molecule has 1 N–H and O–H groups in total. The van der Waals surface area contributed by atoms with Gasteiger partial charge in [0.25, 0.3) is 0 Å². The molecule has 1 aliphatic heterocycles. The van der Waals surface area contributed by atoms with Crippen molar-refractivity contribution in [3.63, 3.8) is 0 Å². The van der Waals surface area contributed by atoms with Gasteiger partial charge in [-0.15, -0.1) is 0 Å². The summed E-state index contributed by atoms with van der Waals surface area (Å²) in [7, 11) is 1.61. The number of aromatic nitrogens is 2. The molecule has 21 heavy (non-hydrogen) atoms. The van der Waals surface area contributed by atoms with Gasteiger partial charge in [-0.3, -0.25) is 0 Å². The second-order valence-electron chi connectivity index (χ2n) is 5.18. The van der Waals surface area contributed by atoms with Crippen LogP contribution >= 0.6 is 0 Å². The average molecular weight is 287 g/mol. The fourth-order valence-corrected chi connectivity index (χ4v) is 2.79. The topological polar surface area (TPSA) is 75.5 Å². The molecule has 0 bridgehead atoms. The number of nitrogens with zero attached hydrogens (tertiary/aromatic N) is 3. The van der Waals surface area contributed by atoms with Crippen molar-refractivity contribution in [3.8, 4) is 5.75 Å². The van der Waals surface area contributed by atoms with Crippen LogP contribution in [-0.4, -0.2) is 40.7 Å². The van der Waals surface area contributed by atoms with E-state index >= 15 is 0 Å². The van der Waals surface area contributed by atoms with Crippen molar-refractivity contribution >= 4 is 22.8 Å². The quantitative estimate of drug-likeness (QED) is 0.930. The smallest absolute Gasteiger partial charge is 0.326 e. The molecule has 110 valence electrons. The Morgan fingerprint density at radius 3 is 2.90 bits per heavy atom. The molecule has 0 saturated carbocycles. The molecule has 1 saturated heterocycles. The standard InChI is InChI=1S/C15H17N3O3/c1-9-14(18-7-3-4-13(18)15(19)20)17-11-6-5-10(21-2)8-12(11)16-9/h5-6,8,13H,3-4,7H2,1-2H3,(H,19,20)/t13-/m0/s1. The maximum atomic E-state index is 11.3. The highest BCUT2D eigenvalue weighted by Gasteiger charge is 2.32. The number of hydrogen-bond donors (Lipinski definition) is 1. The van der Waals surface area contributed by atoms with Crippen LogP contribution in [0.2, 0.25) is 0 Å². The van der Waals surface area contributed by atoms with Gasteiger partial charge in [-0.25, -0.2) is 14.8 Å². The van der Waals surface area contributed by atoms with E-state index in [2.05, 4.69) is 9.97 Å². The predicted molar refractivity (Wildman–Crippen MR) is 78.8 cm³/mol. The monoisotopic (exact) mass is 287 g/mol. The van der Waals surface area contributed by atoms with Crippen LogP contribution in [0.15, 0.2) is 18.2 Å². The molecular formula is C15H17N3O3. The Bertz CT molecular complexity index is 702. The third-order valence-corrected chi connectivity index (χ3v) is 3.83. The molecule has 0 amide bonds. The van der Waals surface area contributed by atoms with Crippen molar-refractivity contribution in [2.45, 2.75) is 25.8 Å². The Hall–Kier alpha value is -2.37. The van der Waals surface area contributed by atoms with Gasteiger partial charge in [0, 0.05) is 12.6 Å². The Morgan fingerprint density at radius 1 is 1.38 bits per heavy atom. The van der Waals surface area contributed by atoms with Gasteiger partial charge in [-0.2, -0.15) is 0 Å². The summed E-state index contributed by atoms with van der Waals surface area (Å²) in [4.78, 5) is 22.3. The second-order valence-corrected chi connectivity index (χ2v) is 5.18. The number of hydrogen-bond acceptors (Lipinski definition) is 5. The number of carboxylic acids is 1. The zero-order valence-electron chi connectivity index (χ0n) is 12.0. The number of anilines is 1. The summed E-state index contributed by atoms with van der Waals surface area (Å²) in [5.41, 5.74) is 2.23. The molecule has 1 fully saturated rings. The van der Waals surface area contributed by atoms with Crippen molar-refractivity contribution in [2.75, 3.05) is 18.6 Å². The Kier molecular flexibility index (Phi) is 3.37. The molecule has 0 aliphatic carbocycles. The van der Waals surface area contributed by atoms with E-state index in [1.54, 1.807) is 7.11 Å². The predicted octanol–water partition coefficient (Wildman–Crippen LogP) is 2.00. The van der Waals surface area contributed by atoms with Crippen molar-refractivity contribution in [3.05, 3.63) is 23.9 Å². The summed E-state index contributed by atoms with van der Waals surface area (Å²) in [6.07, 6.45) is 1.51. The highest BCUT2D eigenvalue weighted by Crippen LogP contribution is 2.28. The van der Waals surface area contributed by atoms with E-state index in [1.807, 2.05) is 30.0 Å². The number of methoxy groups -OCH3 is 1. The molecule has 6 nitrogen and oxygen atoms in total. The van der Waals surface area contributed by atoms with Gasteiger partial charge in [0.15, 0.2) is 5.82 Å². The third kappa shape index (κ3) is 2.37. The van der Waals surface area contributed by atoms with Crippen LogP contribution < -0.4 is 9.64 Å². The number of aliphatic carboxylic acids is 1. The maximum absolute atomic E-state index is 11.3. The lowest BCUT2D eigenvalue weighted by Crippen LogP contribution is -2.37. The van der Waals surface area contributed by atoms with Crippen LogP contribution in [0.25, 0.3) is 11.0 Å². The molecule has 1 aromatic carbocycles. The van der Waals surface area contributed by atoms with Gasteiger partial charge in [0.2, 0.25) is 0 Å². The van der Waals surface area contributed by atoms with Crippen LogP contribution in [0.3, 0.4) is 0 Å². The molecule has 0 spiro atoms. The molecule has 2 heterocycles. The normalized spacial score (nSPS) is 18.2. The number of fused-ring (bicyclic) bond motifs is 1. The first-order valence-corrected chi connectivity index (χ1v) is 6.92. The molecule has 3 rings (SSSR count). The van der Waals surface area contributed by atoms with Crippen LogP contribution in [0, 0.1) is 6.92 Å². The van der Waals surface area contributed by atoms with Gasteiger partial charge < -0.3 is 14.7 Å². The average Bonchev–Trinajstić information content (AvgIpc) is 2.95. The highest BCUT2D eigenvalue weighted by atomic mass is 16.5. The number of aryl methyl sites for hydroxylation is 1. The number of carboxylic acid groups (broad SMARTS) is 1.